The van der Waals surface area contributed by atoms with Crippen LogP contribution < -0.4 is 10.9 Å². The van der Waals surface area contributed by atoms with E-state index in [2.05, 4.69) is 10.9 Å². The van der Waals surface area contributed by atoms with Crippen LogP contribution in [0, 0.1) is 5.92 Å². The topological polar surface area (TPSA) is 41.1 Å². The van der Waals surface area contributed by atoms with Crippen molar-refractivity contribution in [1.29, 1.82) is 0 Å². The fourth-order valence-electron chi connectivity index (χ4n) is 1.67. The summed E-state index contributed by atoms with van der Waals surface area (Å²) in [5, 5.41) is 0.695. The van der Waals surface area contributed by atoms with Gasteiger partial charge in [-0.25, -0.2) is 5.43 Å². The lowest BCUT2D eigenvalue weighted by atomic mass is 9.96. The summed E-state index contributed by atoms with van der Waals surface area (Å²) >= 11 is 6.04. The predicted octanol–water partition coefficient (Wildman–Crippen LogP) is 1.30. The highest BCUT2D eigenvalue weighted by atomic mass is 35.5. The lowest BCUT2D eigenvalue weighted by Gasteiger charge is -2.15. The van der Waals surface area contributed by atoms with Gasteiger partial charge in [-0.2, -0.15) is 0 Å². The fourth-order valence-corrected chi connectivity index (χ4v) is 1.93. The Balaban J connectivity index is 2.30. The van der Waals surface area contributed by atoms with Crippen LogP contribution in [0.3, 0.4) is 0 Å². The van der Waals surface area contributed by atoms with E-state index in [-0.39, 0.29) is 12.0 Å². The van der Waals surface area contributed by atoms with E-state index in [0.29, 0.717) is 11.6 Å². The average molecular weight is 211 g/mol. The van der Waals surface area contributed by atoms with E-state index in [1.807, 2.05) is 24.3 Å². The number of benzene rings is 1. The standard InChI is InChI=1S/C10H11ClN2O/c11-9-4-2-1-3-8(9)10-7(6-14)5-12-13-10/h1-4,6-7,10,12-13H,5H2. The molecule has 1 aliphatic rings. The van der Waals surface area contributed by atoms with Crippen molar-refractivity contribution in [3.8, 4) is 0 Å². The molecule has 1 aliphatic heterocycles. The zero-order valence-electron chi connectivity index (χ0n) is 7.53. The molecule has 2 N–H and O–H groups in total. The summed E-state index contributed by atoms with van der Waals surface area (Å²) < 4.78 is 0. The highest BCUT2D eigenvalue weighted by Crippen LogP contribution is 2.28. The van der Waals surface area contributed by atoms with Crippen LogP contribution in [0.25, 0.3) is 0 Å². The first kappa shape index (κ1) is 9.65. The maximum Gasteiger partial charge on any atom is 0.126 e. The maximum absolute atomic E-state index is 10.8. The first-order chi connectivity index (χ1) is 6.83. The number of halogens is 1. The Morgan fingerprint density at radius 1 is 1.43 bits per heavy atom. The molecule has 0 saturated carbocycles. The number of hydrogen-bond acceptors (Lipinski definition) is 3. The van der Waals surface area contributed by atoms with E-state index in [1.165, 1.54) is 0 Å². The van der Waals surface area contributed by atoms with Gasteiger partial charge in [-0.1, -0.05) is 29.8 Å². The normalized spacial score (nSPS) is 26.4. The molecular weight excluding hydrogens is 200 g/mol. The number of hydrogen-bond donors (Lipinski definition) is 2. The van der Waals surface area contributed by atoms with E-state index in [4.69, 9.17) is 11.6 Å². The van der Waals surface area contributed by atoms with Crippen LogP contribution in [0.1, 0.15) is 11.6 Å². The van der Waals surface area contributed by atoms with E-state index in [9.17, 15) is 4.79 Å². The highest BCUT2D eigenvalue weighted by Gasteiger charge is 2.28. The molecule has 14 heavy (non-hydrogen) atoms. The minimum absolute atomic E-state index is 0.0128. The van der Waals surface area contributed by atoms with Gasteiger partial charge in [-0.05, 0) is 11.6 Å². The molecule has 0 amide bonds. The third kappa shape index (κ3) is 1.66. The summed E-state index contributed by atoms with van der Waals surface area (Å²) in [6.45, 7) is 0.652. The molecule has 0 bridgehead atoms. The quantitative estimate of drug-likeness (QED) is 0.724. The Bertz CT molecular complexity index is 343. The molecule has 1 aromatic rings. The molecule has 0 radical (unpaired) electrons. The molecule has 2 unspecified atom stereocenters. The molecule has 3 nitrogen and oxygen atoms in total. The first-order valence-electron chi connectivity index (χ1n) is 4.51. The summed E-state index contributed by atoms with van der Waals surface area (Å²) in [7, 11) is 0. The van der Waals surface area contributed by atoms with Gasteiger partial charge in [0.25, 0.3) is 0 Å². The summed E-state index contributed by atoms with van der Waals surface area (Å²) in [5.74, 6) is -0.0464. The fraction of sp³-hybridized carbons (Fsp3) is 0.300. The second-order valence-corrected chi connectivity index (χ2v) is 3.73. The van der Waals surface area contributed by atoms with Crippen molar-refractivity contribution >= 4 is 17.9 Å². The van der Waals surface area contributed by atoms with Gasteiger partial charge in [0.2, 0.25) is 0 Å². The Kier molecular flexibility index (Phi) is 2.82. The molecule has 2 rings (SSSR count). The number of hydrazine groups is 1. The molecule has 4 heteroatoms. The Hall–Kier alpha value is -0.900. The van der Waals surface area contributed by atoms with Crippen LogP contribution in [0.4, 0.5) is 0 Å². The number of rotatable bonds is 2. The van der Waals surface area contributed by atoms with Gasteiger partial charge in [0.15, 0.2) is 0 Å². The first-order valence-corrected chi connectivity index (χ1v) is 4.89. The number of carbonyl (C=O) groups is 1. The lowest BCUT2D eigenvalue weighted by Crippen LogP contribution is -2.25. The second-order valence-electron chi connectivity index (χ2n) is 3.32. The summed E-state index contributed by atoms with van der Waals surface area (Å²) in [6, 6.07) is 7.55. The SMILES string of the molecule is O=CC1CNNC1c1ccccc1Cl. The minimum atomic E-state index is -0.0464. The average Bonchev–Trinajstić information content (AvgIpc) is 2.66. The van der Waals surface area contributed by atoms with Crippen LogP contribution in [0.15, 0.2) is 24.3 Å². The van der Waals surface area contributed by atoms with Crippen molar-refractivity contribution < 1.29 is 4.79 Å². The van der Waals surface area contributed by atoms with Crippen molar-refractivity contribution in [2.24, 2.45) is 5.92 Å². The number of nitrogens with one attached hydrogen (secondary N) is 2. The summed E-state index contributed by atoms with van der Waals surface area (Å²) in [4.78, 5) is 10.8. The molecule has 2 atom stereocenters. The number of aldehydes is 1. The molecular formula is C10H11ClN2O. The largest absolute Gasteiger partial charge is 0.303 e. The van der Waals surface area contributed by atoms with Gasteiger partial charge in [-0.15, -0.1) is 0 Å². The van der Waals surface area contributed by atoms with E-state index in [0.717, 1.165) is 11.8 Å². The molecule has 74 valence electrons. The molecule has 1 aromatic carbocycles. The second kappa shape index (κ2) is 4.09. The number of carbonyl (C=O) groups excluding carboxylic acids is 1. The van der Waals surface area contributed by atoms with Gasteiger partial charge >= 0.3 is 0 Å². The molecule has 1 saturated heterocycles. The highest BCUT2D eigenvalue weighted by molar-refractivity contribution is 6.31. The van der Waals surface area contributed by atoms with Crippen LogP contribution in [0.5, 0.6) is 0 Å². The van der Waals surface area contributed by atoms with Gasteiger partial charge in [0.1, 0.15) is 6.29 Å². The minimum Gasteiger partial charge on any atom is -0.303 e. The van der Waals surface area contributed by atoms with Crippen molar-refractivity contribution in [3.63, 3.8) is 0 Å². The third-order valence-electron chi connectivity index (χ3n) is 2.44. The molecule has 1 fully saturated rings. The zero-order chi connectivity index (χ0) is 9.97. The third-order valence-corrected chi connectivity index (χ3v) is 2.78. The molecule has 1 heterocycles. The van der Waals surface area contributed by atoms with Crippen molar-refractivity contribution in [2.45, 2.75) is 6.04 Å². The van der Waals surface area contributed by atoms with Crippen LogP contribution in [0.2, 0.25) is 5.02 Å². The van der Waals surface area contributed by atoms with Gasteiger partial charge in [0.05, 0.1) is 6.04 Å². The molecule has 0 spiro atoms. The maximum atomic E-state index is 10.8. The van der Waals surface area contributed by atoms with E-state index >= 15 is 0 Å². The van der Waals surface area contributed by atoms with Crippen LogP contribution in [-0.4, -0.2) is 12.8 Å². The smallest absolute Gasteiger partial charge is 0.126 e. The monoisotopic (exact) mass is 210 g/mol. The Labute approximate surface area is 87.4 Å². The van der Waals surface area contributed by atoms with Crippen molar-refractivity contribution in [3.05, 3.63) is 34.9 Å². The van der Waals surface area contributed by atoms with Gasteiger partial charge < -0.3 is 4.79 Å². The van der Waals surface area contributed by atoms with E-state index in [1.54, 1.807) is 0 Å². The van der Waals surface area contributed by atoms with Crippen LogP contribution in [-0.2, 0) is 4.79 Å². The van der Waals surface area contributed by atoms with Crippen molar-refractivity contribution in [1.82, 2.24) is 10.9 Å². The van der Waals surface area contributed by atoms with Gasteiger partial charge in [-0.3, -0.25) is 5.43 Å². The Morgan fingerprint density at radius 2 is 2.21 bits per heavy atom. The molecule has 0 aliphatic carbocycles. The van der Waals surface area contributed by atoms with E-state index < -0.39 is 0 Å². The Morgan fingerprint density at radius 3 is 2.93 bits per heavy atom. The lowest BCUT2D eigenvalue weighted by molar-refractivity contribution is -0.111. The zero-order valence-corrected chi connectivity index (χ0v) is 8.29. The summed E-state index contributed by atoms with van der Waals surface area (Å²) in [6.07, 6.45) is 0.959. The van der Waals surface area contributed by atoms with Crippen molar-refractivity contribution in [2.75, 3.05) is 6.54 Å². The van der Waals surface area contributed by atoms with Gasteiger partial charge in [0, 0.05) is 17.5 Å². The predicted molar refractivity (Wildman–Crippen MR) is 54.9 cm³/mol. The van der Waals surface area contributed by atoms with Crippen LogP contribution >= 0.6 is 11.6 Å². The summed E-state index contributed by atoms with van der Waals surface area (Å²) in [5.41, 5.74) is 6.98. The molecule has 0 aromatic heterocycles.